The summed E-state index contributed by atoms with van der Waals surface area (Å²) in [4.78, 5) is 12.9. The van der Waals surface area contributed by atoms with Crippen molar-refractivity contribution in [2.24, 2.45) is 0 Å². The Morgan fingerprint density at radius 2 is 1.77 bits per heavy atom. The summed E-state index contributed by atoms with van der Waals surface area (Å²) in [7, 11) is 0. The molecule has 0 unspecified atom stereocenters. The maximum absolute atomic E-state index is 12.9. The predicted molar refractivity (Wildman–Crippen MR) is 120 cm³/mol. The second-order valence-corrected chi connectivity index (χ2v) is 7.94. The minimum absolute atomic E-state index is 0.0383. The van der Waals surface area contributed by atoms with Crippen LogP contribution in [0.2, 0.25) is 0 Å². The average Bonchev–Trinajstić information content (AvgIpc) is 3.42. The van der Waals surface area contributed by atoms with E-state index in [9.17, 15) is 4.79 Å². The van der Waals surface area contributed by atoms with Crippen LogP contribution in [0.1, 0.15) is 50.9 Å². The third kappa shape index (κ3) is 4.33. The third-order valence-electron chi connectivity index (χ3n) is 5.31. The topological polar surface area (TPSA) is 94.3 Å². The molecule has 0 aliphatic heterocycles. The molecule has 0 bridgehead atoms. The Bertz CT molecular complexity index is 1190. The summed E-state index contributed by atoms with van der Waals surface area (Å²) in [6, 6.07) is 16.2. The predicted octanol–water partition coefficient (Wildman–Crippen LogP) is 3.86. The van der Waals surface area contributed by atoms with Gasteiger partial charge in [-0.2, -0.15) is 10.3 Å². The van der Waals surface area contributed by atoms with E-state index in [1.54, 1.807) is 9.25 Å². The Kier molecular flexibility index (Phi) is 6.06. The molecule has 0 amide bonds. The van der Waals surface area contributed by atoms with Gasteiger partial charge in [-0.3, -0.25) is 4.57 Å². The first-order valence-electron chi connectivity index (χ1n) is 10.7. The Hall–Kier alpha value is -3.55. The average molecular weight is 418 g/mol. The normalized spacial score (nSPS) is 11.4. The molecule has 2 aromatic carbocycles. The van der Waals surface area contributed by atoms with Gasteiger partial charge >= 0.3 is 5.69 Å². The Morgan fingerprint density at radius 3 is 2.42 bits per heavy atom. The van der Waals surface area contributed by atoms with Crippen molar-refractivity contribution in [3.05, 3.63) is 70.4 Å². The standard InChI is InChI=1S/C23H27N7O/c1-4-5-14-30-23(31)29(22(26-30)16(2)3)15-17-10-12-18(13-11-17)19-8-6-7-9-20(19)21-24-27-28-25-21/h6-13,16H,4-5,14-15H2,1-3H3,(H,24,25,27,28). The summed E-state index contributed by atoms with van der Waals surface area (Å²) in [5.74, 6) is 1.57. The molecule has 1 N–H and O–H groups in total. The number of unbranched alkanes of at least 4 members (excludes halogenated alkanes) is 1. The number of benzene rings is 2. The zero-order chi connectivity index (χ0) is 21.8. The molecule has 160 valence electrons. The van der Waals surface area contributed by atoms with Gasteiger partial charge in [-0.05, 0) is 28.3 Å². The highest BCUT2D eigenvalue weighted by atomic mass is 16.2. The lowest BCUT2D eigenvalue weighted by molar-refractivity contribution is 0.543. The van der Waals surface area contributed by atoms with Crippen molar-refractivity contribution in [1.29, 1.82) is 0 Å². The molecular formula is C23H27N7O. The van der Waals surface area contributed by atoms with Crippen LogP contribution in [0, 0.1) is 0 Å². The number of hydrogen-bond acceptors (Lipinski definition) is 5. The molecule has 31 heavy (non-hydrogen) atoms. The summed E-state index contributed by atoms with van der Waals surface area (Å²) in [6.07, 6.45) is 1.98. The quantitative estimate of drug-likeness (QED) is 0.470. The van der Waals surface area contributed by atoms with Crippen molar-refractivity contribution in [3.63, 3.8) is 0 Å². The number of rotatable bonds is 8. The molecule has 0 saturated carbocycles. The lowest BCUT2D eigenvalue weighted by Crippen LogP contribution is -2.26. The fourth-order valence-corrected chi connectivity index (χ4v) is 3.67. The summed E-state index contributed by atoms with van der Waals surface area (Å²) in [5, 5.41) is 19.0. The van der Waals surface area contributed by atoms with E-state index in [0.29, 0.717) is 18.9 Å². The van der Waals surface area contributed by atoms with E-state index >= 15 is 0 Å². The van der Waals surface area contributed by atoms with Gasteiger partial charge in [-0.15, -0.1) is 10.2 Å². The number of nitrogens with zero attached hydrogens (tertiary/aromatic N) is 6. The van der Waals surface area contributed by atoms with Crippen LogP contribution in [0.25, 0.3) is 22.5 Å². The number of aromatic nitrogens is 7. The van der Waals surface area contributed by atoms with Crippen LogP contribution in [0.4, 0.5) is 0 Å². The van der Waals surface area contributed by atoms with Gasteiger partial charge < -0.3 is 0 Å². The number of nitrogens with one attached hydrogen (secondary N) is 1. The van der Waals surface area contributed by atoms with E-state index < -0.39 is 0 Å². The molecule has 0 fully saturated rings. The van der Waals surface area contributed by atoms with Gasteiger partial charge in [0.1, 0.15) is 5.82 Å². The van der Waals surface area contributed by atoms with Crippen molar-refractivity contribution in [1.82, 2.24) is 35.0 Å². The van der Waals surface area contributed by atoms with Crippen molar-refractivity contribution < 1.29 is 0 Å². The molecule has 0 aliphatic rings. The lowest BCUT2D eigenvalue weighted by Gasteiger charge is -2.10. The highest BCUT2D eigenvalue weighted by Crippen LogP contribution is 2.29. The van der Waals surface area contributed by atoms with E-state index in [2.05, 4.69) is 70.8 Å². The van der Waals surface area contributed by atoms with Gasteiger partial charge in [-0.1, -0.05) is 75.7 Å². The Labute approximate surface area is 180 Å². The van der Waals surface area contributed by atoms with E-state index in [1.165, 1.54) is 0 Å². The van der Waals surface area contributed by atoms with Crippen molar-refractivity contribution in [2.75, 3.05) is 0 Å². The summed E-state index contributed by atoms with van der Waals surface area (Å²) < 4.78 is 3.40. The van der Waals surface area contributed by atoms with E-state index in [1.807, 2.05) is 24.3 Å². The van der Waals surface area contributed by atoms with Crippen molar-refractivity contribution in [2.45, 2.75) is 52.6 Å². The Balaban J connectivity index is 1.63. The second kappa shape index (κ2) is 9.07. The maximum atomic E-state index is 12.9. The lowest BCUT2D eigenvalue weighted by atomic mass is 9.98. The van der Waals surface area contributed by atoms with Gasteiger partial charge in [0.2, 0.25) is 5.82 Å². The highest BCUT2D eigenvalue weighted by Gasteiger charge is 2.16. The van der Waals surface area contributed by atoms with Crippen LogP contribution in [0.5, 0.6) is 0 Å². The molecular weight excluding hydrogens is 390 g/mol. The van der Waals surface area contributed by atoms with Gasteiger partial charge in [0, 0.05) is 18.0 Å². The molecule has 2 heterocycles. The van der Waals surface area contributed by atoms with Crippen LogP contribution < -0.4 is 5.69 Å². The zero-order valence-electron chi connectivity index (χ0n) is 18.1. The molecule has 0 spiro atoms. The maximum Gasteiger partial charge on any atom is 0.346 e. The molecule has 8 heteroatoms. The van der Waals surface area contributed by atoms with E-state index in [4.69, 9.17) is 0 Å². The minimum Gasteiger partial charge on any atom is -0.274 e. The van der Waals surface area contributed by atoms with Gasteiger partial charge in [0.05, 0.1) is 6.54 Å². The summed E-state index contributed by atoms with van der Waals surface area (Å²) >= 11 is 0. The van der Waals surface area contributed by atoms with Gasteiger partial charge in [0.15, 0.2) is 0 Å². The molecule has 0 atom stereocenters. The monoisotopic (exact) mass is 417 g/mol. The fourth-order valence-electron chi connectivity index (χ4n) is 3.67. The van der Waals surface area contributed by atoms with Gasteiger partial charge in [0.25, 0.3) is 0 Å². The van der Waals surface area contributed by atoms with Crippen molar-refractivity contribution in [3.8, 4) is 22.5 Å². The first kappa shape index (κ1) is 20.7. The molecule has 8 nitrogen and oxygen atoms in total. The molecule has 0 saturated heterocycles. The van der Waals surface area contributed by atoms with Crippen molar-refractivity contribution >= 4 is 0 Å². The number of H-pyrrole nitrogens is 1. The minimum atomic E-state index is -0.0383. The van der Waals surface area contributed by atoms with Crippen LogP contribution in [-0.2, 0) is 13.1 Å². The summed E-state index contributed by atoms with van der Waals surface area (Å²) in [5.41, 5.74) is 4.02. The second-order valence-electron chi connectivity index (χ2n) is 7.94. The number of aromatic amines is 1. The Morgan fingerprint density at radius 1 is 1.03 bits per heavy atom. The van der Waals surface area contributed by atoms with Crippen LogP contribution in [-0.4, -0.2) is 35.0 Å². The highest BCUT2D eigenvalue weighted by molar-refractivity contribution is 5.80. The van der Waals surface area contributed by atoms with E-state index in [0.717, 1.165) is 40.9 Å². The third-order valence-corrected chi connectivity index (χ3v) is 5.31. The van der Waals surface area contributed by atoms with E-state index in [-0.39, 0.29) is 11.6 Å². The number of hydrogen-bond donors (Lipinski definition) is 1. The molecule has 0 radical (unpaired) electrons. The number of tetrazole rings is 1. The fraction of sp³-hybridized carbons (Fsp3) is 0.348. The zero-order valence-corrected chi connectivity index (χ0v) is 18.1. The van der Waals surface area contributed by atoms with Crippen LogP contribution in [0.15, 0.2) is 53.3 Å². The van der Waals surface area contributed by atoms with Crippen LogP contribution in [0.3, 0.4) is 0 Å². The smallest absolute Gasteiger partial charge is 0.274 e. The molecule has 2 aromatic heterocycles. The first-order chi connectivity index (χ1) is 15.1. The molecule has 4 aromatic rings. The summed E-state index contributed by atoms with van der Waals surface area (Å²) in [6.45, 7) is 7.42. The SMILES string of the molecule is CCCCn1nc(C(C)C)n(Cc2ccc(-c3ccccc3-c3nn[nH]n3)cc2)c1=O. The molecule has 0 aliphatic carbocycles. The van der Waals surface area contributed by atoms with Crippen LogP contribution >= 0.6 is 0 Å². The number of aryl methyl sites for hydroxylation is 1. The van der Waals surface area contributed by atoms with Gasteiger partial charge in [-0.25, -0.2) is 9.48 Å². The first-order valence-corrected chi connectivity index (χ1v) is 10.7. The largest absolute Gasteiger partial charge is 0.346 e. The molecule has 4 rings (SSSR count).